The van der Waals surface area contributed by atoms with Gasteiger partial charge in [-0.1, -0.05) is 12.1 Å². The molecule has 0 unspecified atom stereocenters. The number of halogens is 1. The number of aryl methyl sites for hydroxylation is 1. The van der Waals surface area contributed by atoms with Crippen LogP contribution in [0.2, 0.25) is 0 Å². The Kier molecular flexibility index (Phi) is 9.49. The van der Waals surface area contributed by atoms with Gasteiger partial charge in [-0.2, -0.15) is 4.31 Å². The van der Waals surface area contributed by atoms with Crippen molar-refractivity contribution in [1.82, 2.24) is 9.21 Å². The highest BCUT2D eigenvalue weighted by molar-refractivity contribution is 7.89. The van der Waals surface area contributed by atoms with Gasteiger partial charge in [0.05, 0.1) is 24.1 Å². The zero-order chi connectivity index (χ0) is 28.0. The van der Waals surface area contributed by atoms with Crippen molar-refractivity contribution in [1.29, 1.82) is 0 Å². The van der Waals surface area contributed by atoms with Crippen LogP contribution in [0.25, 0.3) is 0 Å². The summed E-state index contributed by atoms with van der Waals surface area (Å²) in [4.78, 5) is 27.7. The molecule has 1 aliphatic heterocycles. The highest BCUT2D eigenvalue weighted by Crippen LogP contribution is 2.24. The first-order valence-corrected chi connectivity index (χ1v) is 15.0. The number of amides is 2. The molecule has 39 heavy (non-hydrogen) atoms. The van der Waals surface area contributed by atoms with Crippen molar-refractivity contribution in [2.45, 2.75) is 50.8 Å². The lowest BCUT2D eigenvalue weighted by Gasteiger charge is -2.29. The molecule has 0 saturated carbocycles. The molecule has 11 heteroatoms. The number of benzene rings is 2. The van der Waals surface area contributed by atoms with E-state index < -0.39 is 10.0 Å². The van der Waals surface area contributed by atoms with Gasteiger partial charge in [-0.25, -0.2) is 12.8 Å². The SMILES string of the molecule is CC(=O)Nc1ccc(S(=O)(=O)N(CC(=O)N(Cc2ccc(F)cc2)Cc2sccc2C)C[C@H]2CCCO2)cc1. The van der Waals surface area contributed by atoms with Gasteiger partial charge in [0, 0.05) is 37.2 Å². The molecule has 1 fully saturated rings. The Labute approximate surface area is 232 Å². The maximum absolute atomic E-state index is 13.8. The Balaban J connectivity index is 1.60. The maximum atomic E-state index is 13.8. The number of carbonyl (C=O) groups excluding carboxylic acids is 2. The molecule has 0 aliphatic carbocycles. The number of thiophene rings is 1. The normalized spacial score (nSPS) is 15.4. The number of rotatable bonds is 11. The van der Waals surface area contributed by atoms with Gasteiger partial charge in [-0.15, -0.1) is 11.3 Å². The molecular formula is C28H32FN3O5S2. The van der Waals surface area contributed by atoms with E-state index in [4.69, 9.17) is 4.74 Å². The van der Waals surface area contributed by atoms with Crippen LogP contribution in [0.4, 0.5) is 10.1 Å². The van der Waals surface area contributed by atoms with E-state index in [2.05, 4.69) is 5.32 Å². The van der Waals surface area contributed by atoms with E-state index >= 15 is 0 Å². The minimum absolute atomic E-state index is 0.0154. The summed E-state index contributed by atoms with van der Waals surface area (Å²) in [5.41, 5.74) is 2.25. The highest BCUT2D eigenvalue weighted by atomic mass is 32.2. The molecule has 1 atom stereocenters. The monoisotopic (exact) mass is 573 g/mol. The summed E-state index contributed by atoms with van der Waals surface area (Å²) >= 11 is 1.53. The molecule has 0 spiro atoms. The van der Waals surface area contributed by atoms with Gasteiger partial charge in [-0.05, 0) is 78.7 Å². The standard InChI is InChI=1S/C28H32FN3O5S2/c1-20-13-15-38-27(20)18-31(16-22-5-7-23(29)8-6-22)28(34)19-32(17-25-4-3-14-37-25)39(35,36)26-11-9-24(10-12-26)30-21(2)33/h5-13,15,25H,3-4,14,16-19H2,1-2H3,(H,30,33)/t25-/m1/s1. The van der Waals surface area contributed by atoms with Gasteiger partial charge in [0.2, 0.25) is 21.8 Å². The van der Waals surface area contributed by atoms with Crippen molar-refractivity contribution in [2.24, 2.45) is 0 Å². The van der Waals surface area contributed by atoms with Gasteiger partial charge in [-0.3, -0.25) is 9.59 Å². The Morgan fingerprint density at radius 1 is 1.08 bits per heavy atom. The number of nitrogens with zero attached hydrogens (tertiary/aromatic N) is 2. The Bertz CT molecular complexity index is 1390. The Morgan fingerprint density at radius 3 is 2.38 bits per heavy atom. The predicted molar refractivity (Wildman–Crippen MR) is 148 cm³/mol. The quantitative estimate of drug-likeness (QED) is 0.363. The predicted octanol–water partition coefficient (Wildman–Crippen LogP) is 4.55. The smallest absolute Gasteiger partial charge is 0.243 e. The minimum Gasteiger partial charge on any atom is -0.377 e. The fourth-order valence-electron chi connectivity index (χ4n) is 4.36. The van der Waals surface area contributed by atoms with Crippen LogP contribution >= 0.6 is 11.3 Å². The first kappa shape index (κ1) is 28.9. The average Bonchev–Trinajstić information content (AvgIpc) is 3.56. The largest absolute Gasteiger partial charge is 0.377 e. The molecule has 0 bridgehead atoms. The fourth-order valence-corrected chi connectivity index (χ4v) is 6.70. The first-order chi connectivity index (χ1) is 18.6. The zero-order valence-electron chi connectivity index (χ0n) is 21.9. The molecule has 1 aromatic heterocycles. The van der Waals surface area contributed by atoms with E-state index in [0.717, 1.165) is 22.4 Å². The number of nitrogens with one attached hydrogen (secondary N) is 1. The van der Waals surface area contributed by atoms with Crippen molar-refractivity contribution in [3.8, 4) is 0 Å². The maximum Gasteiger partial charge on any atom is 0.243 e. The van der Waals surface area contributed by atoms with E-state index in [1.165, 1.54) is 59.0 Å². The lowest BCUT2D eigenvalue weighted by molar-refractivity contribution is -0.132. The first-order valence-electron chi connectivity index (χ1n) is 12.7. The van der Waals surface area contributed by atoms with Crippen LogP contribution in [-0.2, 0) is 37.4 Å². The molecule has 4 rings (SSSR count). The number of ether oxygens (including phenoxy) is 1. The van der Waals surface area contributed by atoms with Crippen LogP contribution in [0.3, 0.4) is 0 Å². The van der Waals surface area contributed by atoms with Crippen molar-refractivity contribution < 1.29 is 27.1 Å². The van der Waals surface area contributed by atoms with E-state index in [1.807, 2.05) is 18.4 Å². The highest BCUT2D eigenvalue weighted by Gasteiger charge is 2.32. The third kappa shape index (κ3) is 7.72. The average molecular weight is 574 g/mol. The second-order valence-corrected chi connectivity index (χ2v) is 12.5. The van der Waals surface area contributed by atoms with E-state index in [0.29, 0.717) is 25.3 Å². The third-order valence-electron chi connectivity index (χ3n) is 6.50. The second-order valence-electron chi connectivity index (χ2n) is 9.54. The van der Waals surface area contributed by atoms with Crippen molar-refractivity contribution in [2.75, 3.05) is 25.0 Å². The van der Waals surface area contributed by atoms with Gasteiger partial charge < -0.3 is 15.0 Å². The molecule has 2 aromatic carbocycles. The summed E-state index contributed by atoms with van der Waals surface area (Å²) in [5.74, 6) is -1.01. The Hall–Kier alpha value is -3.12. The molecule has 0 radical (unpaired) electrons. The molecule has 1 aliphatic rings. The lowest BCUT2D eigenvalue weighted by Crippen LogP contribution is -2.45. The van der Waals surface area contributed by atoms with Crippen LogP contribution < -0.4 is 5.32 Å². The van der Waals surface area contributed by atoms with Gasteiger partial charge >= 0.3 is 0 Å². The number of sulfonamides is 1. The lowest BCUT2D eigenvalue weighted by atomic mass is 10.2. The summed E-state index contributed by atoms with van der Waals surface area (Å²) in [6.45, 7) is 4.06. The summed E-state index contributed by atoms with van der Waals surface area (Å²) in [6, 6.07) is 13.8. The van der Waals surface area contributed by atoms with Crippen LogP contribution in [0.1, 0.15) is 35.8 Å². The topological polar surface area (TPSA) is 96.0 Å². The van der Waals surface area contributed by atoms with E-state index in [-0.39, 0.29) is 48.3 Å². The molecule has 2 amide bonds. The van der Waals surface area contributed by atoms with Crippen molar-refractivity contribution in [3.63, 3.8) is 0 Å². The molecule has 1 N–H and O–H groups in total. The van der Waals surface area contributed by atoms with Crippen LogP contribution in [0.15, 0.2) is 64.9 Å². The van der Waals surface area contributed by atoms with Gasteiger partial charge in [0.25, 0.3) is 0 Å². The zero-order valence-corrected chi connectivity index (χ0v) is 23.6. The van der Waals surface area contributed by atoms with Crippen LogP contribution in [-0.4, -0.2) is 55.2 Å². The number of hydrogen-bond acceptors (Lipinski definition) is 6. The summed E-state index contributed by atoms with van der Waals surface area (Å²) in [5, 5.41) is 4.57. The van der Waals surface area contributed by atoms with Crippen molar-refractivity contribution in [3.05, 3.63) is 81.8 Å². The van der Waals surface area contributed by atoms with Crippen LogP contribution in [0, 0.1) is 12.7 Å². The summed E-state index contributed by atoms with van der Waals surface area (Å²) in [7, 11) is -4.06. The molecule has 8 nitrogen and oxygen atoms in total. The molecule has 2 heterocycles. The fraction of sp³-hybridized carbons (Fsp3) is 0.357. The van der Waals surface area contributed by atoms with Crippen molar-refractivity contribution >= 4 is 38.9 Å². The van der Waals surface area contributed by atoms with E-state index in [1.54, 1.807) is 17.0 Å². The second kappa shape index (κ2) is 12.8. The Morgan fingerprint density at radius 2 is 1.79 bits per heavy atom. The third-order valence-corrected chi connectivity index (χ3v) is 9.33. The van der Waals surface area contributed by atoms with Gasteiger partial charge in [0.15, 0.2) is 0 Å². The number of anilines is 1. The number of hydrogen-bond donors (Lipinski definition) is 1. The van der Waals surface area contributed by atoms with Crippen LogP contribution in [0.5, 0.6) is 0 Å². The molecule has 1 saturated heterocycles. The molecule has 3 aromatic rings. The molecule has 208 valence electrons. The van der Waals surface area contributed by atoms with Gasteiger partial charge in [0.1, 0.15) is 5.82 Å². The molecular weight excluding hydrogens is 541 g/mol. The summed E-state index contributed by atoms with van der Waals surface area (Å²) < 4.78 is 47.9. The summed E-state index contributed by atoms with van der Waals surface area (Å²) in [6.07, 6.45) is 1.22. The van der Waals surface area contributed by atoms with E-state index in [9.17, 15) is 22.4 Å². The minimum atomic E-state index is -4.06. The number of carbonyl (C=O) groups is 2.